The van der Waals surface area contributed by atoms with Crippen molar-refractivity contribution < 1.29 is 5.11 Å². The Morgan fingerprint density at radius 1 is 1.03 bits per heavy atom. The van der Waals surface area contributed by atoms with Crippen molar-refractivity contribution in [2.75, 3.05) is 5.32 Å². The Kier molecular flexibility index (Phi) is 3.52. The third kappa shape index (κ3) is 2.30. The summed E-state index contributed by atoms with van der Waals surface area (Å²) in [6.45, 7) is 1.92. The molecule has 0 saturated carbocycles. The number of aromatic nitrogens is 3. The molecule has 0 fully saturated rings. The van der Waals surface area contributed by atoms with E-state index in [2.05, 4.69) is 5.32 Å². The summed E-state index contributed by atoms with van der Waals surface area (Å²) < 4.78 is 4.56. The van der Waals surface area contributed by atoms with Gasteiger partial charge in [0.25, 0.3) is 5.56 Å². The number of hydrogen-bond acceptors (Lipinski definition) is 4. The fraction of sp³-hybridized carbons (Fsp3) is 0.182. The quantitative estimate of drug-likeness (QED) is 0.525. The van der Waals surface area contributed by atoms with Crippen LogP contribution in [0.15, 0.2) is 58.3 Å². The van der Waals surface area contributed by atoms with Crippen molar-refractivity contribution in [3.05, 3.63) is 86.3 Å². The average Bonchev–Trinajstić information content (AvgIpc) is 3.11. The first-order valence-corrected chi connectivity index (χ1v) is 9.35. The molecule has 29 heavy (non-hydrogen) atoms. The van der Waals surface area contributed by atoms with E-state index in [-0.39, 0.29) is 17.0 Å². The zero-order valence-electron chi connectivity index (χ0n) is 16.3. The van der Waals surface area contributed by atoms with Crippen LogP contribution in [0.2, 0.25) is 0 Å². The third-order valence-electron chi connectivity index (χ3n) is 5.69. The number of rotatable bonds is 1. The van der Waals surface area contributed by atoms with Crippen LogP contribution < -0.4 is 16.6 Å². The van der Waals surface area contributed by atoms with Gasteiger partial charge in [0.05, 0.1) is 34.0 Å². The van der Waals surface area contributed by atoms with Gasteiger partial charge in [-0.25, -0.2) is 4.79 Å². The highest BCUT2D eigenvalue weighted by Crippen LogP contribution is 2.42. The number of benzene rings is 2. The predicted octanol–water partition coefficient (Wildman–Crippen LogP) is 2.56. The van der Waals surface area contributed by atoms with Crippen LogP contribution in [0, 0.1) is 6.92 Å². The lowest BCUT2D eigenvalue weighted by Crippen LogP contribution is -2.37. The highest BCUT2D eigenvalue weighted by molar-refractivity contribution is 5.86. The van der Waals surface area contributed by atoms with Gasteiger partial charge in [0, 0.05) is 25.9 Å². The Morgan fingerprint density at radius 2 is 1.79 bits per heavy atom. The van der Waals surface area contributed by atoms with E-state index >= 15 is 0 Å². The number of aryl methyl sites for hydroxylation is 2. The summed E-state index contributed by atoms with van der Waals surface area (Å²) in [5.41, 5.74) is 3.98. The van der Waals surface area contributed by atoms with E-state index in [9.17, 15) is 14.7 Å². The van der Waals surface area contributed by atoms with Gasteiger partial charge in [0.1, 0.15) is 5.75 Å². The topological polar surface area (TPSA) is 81.2 Å². The molecule has 7 heteroatoms. The molecule has 7 nitrogen and oxygen atoms in total. The molecule has 1 aliphatic heterocycles. The standard InChI is InChI=1S/C22H20N4O3/c1-12-8-9-13(17(27)10-12)18-20-19-14(21(28)25(3)22(29)24(19)2)11-26(20)16-7-5-4-6-15(16)23-18/h4-11,18,23,27H,1-3H3/t18-/m0/s1. The molecule has 2 aromatic heterocycles. The van der Waals surface area contributed by atoms with Gasteiger partial charge in [-0.3, -0.25) is 13.9 Å². The first kappa shape index (κ1) is 17.4. The number of nitrogens with one attached hydrogen (secondary N) is 1. The molecule has 0 amide bonds. The Bertz CT molecular complexity index is 1420. The largest absolute Gasteiger partial charge is 0.508 e. The number of fused-ring (bicyclic) bond motifs is 5. The fourth-order valence-corrected chi connectivity index (χ4v) is 4.24. The monoisotopic (exact) mass is 388 g/mol. The maximum atomic E-state index is 12.9. The Hall–Kier alpha value is -3.74. The highest BCUT2D eigenvalue weighted by Gasteiger charge is 2.32. The van der Waals surface area contributed by atoms with Gasteiger partial charge in [-0.15, -0.1) is 0 Å². The van der Waals surface area contributed by atoms with Crippen molar-refractivity contribution in [2.45, 2.75) is 13.0 Å². The lowest BCUT2D eigenvalue weighted by atomic mass is 9.97. The summed E-state index contributed by atoms with van der Waals surface area (Å²) in [5, 5.41) is 14.6. The number of aromatic hydroxyl groups is 1. The molecular weight excluding hydrogens is 368 g/mol. The zero-order valence-corrected chi connectivity index (χ0v) is 16.3. The van der Waals surface area contributed by atoms with Crippen LogP contribution >= 0.6 is 0 Å². The Labute approximate surface area is 166 Å². The molecule has 0 saturated heterocycles. The maximum Gasteiger partial charge on any atom is 0.331 e. The van der Waals surface area contributed by atoms with Crippen LogP contribution in [-0.4, -0.2) is 18.8 Å². The smallest absolute Gasteiger partial charge is 0.331 e. The van der Waals surface area contributed by atoms with Crippen LogP contribution in [0.5, 0.6) is 5.75 Å². The van der Waals surface area contributed by atoms with Crippen LogP contribution in [0.3, 0.4) is 0 Å². The van der Waals surface area contributed by atoms with Gasteiger partial charge in [0.2, 0.25) is 0 Å². The number of anilines is 1. The Morgan fingerprint density at radius 3 is 2.55 bits per heavy atom. The normalized spacial score (nSPS) is 15.1. The van der Waals surface area contributed by atoms with E-state index < -0.39 is 6.04 Å². The lowest BCUT2D eigenvalue weighted by Gasteiger charge is -2.30. The summed E-state index contributed by atoms with van der Waals surface area (Å²) >= 11 is 0. The van der Waals surface area contributed by atoms with Crippen LogP contribution in [-0.2, 0) is 14.1 Å². The average molecular weight is 388 g/mol. The number of hydrogen-bond donors (Lipinski definition) is 2. The molecule has 2 aromatic carbocycles. The second-order valence-electron chi connectivity index (χ2n) is 7.51. The zero-order chi connectivity index (χ0) is 20.4. The van der Waals surface area contributed by atoms with Crippen LogP contribution in [0.1, 0.15) is 22.9 Å². The van der Waals surface area contributed by atoms with Gasteiger partial charge in [-0.2, -0.15) is 0 Å². The lowest BCUT2D eigenvalue weighted by molar-refractivity contribution is 0.465. The molecule has 0 radical (unpaired) electrons. The van der Waals surface area contributed by atoms with Gasteiger partial charge in [-0.1, -0.05) is 24.3 Å². The van der Waals surface area contributed by atoms with Gasteiger partial charge < -0.3 is 15.0 Å². The minimum Gasteiger partial charge on any atom is -0.508 e. The van der Waals surface area contributed by atoms with Crippen molar-refractivity contribution in [1.29, 1.82) is 0 Å². The third-order valence-corrected chi connectivity index (χ3v) is 5.69. The molecule has 0 bridgehead atoms. The van der Waals surface area contributed by atoms with Gasteiger partial charge in [-0.05, 0) is 30.7 Å². The van der Waals surface area contributed by atoms with Gasteiger partial charge >= 0.3 is 5.69 Å². The van der Waals surface area contributed by atoms with E-state index in [1.165, 1.54) is 11.6 Å². The summed E-state index contributed by atoms with van der Waals surface area (Å²) in [4.78, 5) is 25.5. The number of para-hydroxylation sites is 2. The molecule has 1 aliphatic rings. The van der Waals surface area contributed by atoms with E-state index in [4.69, 9.17) is 0 Å². The minimum absolute atomic E-state index is 0.164. The minimum atomic E-state index is -0.430. The van der Waals surface area contributed by atoms with Crippen molar-refractivity contribution in [3.8, 4) is 11.4 Å². The molecular formula is C22H20N4O3. The van der Waals surface area contributed by atoms with E-state index in [1.54, 1.807) is 19.3 Å². The van der Waals surface area contributed by atoms with E-state index in [1.807, 2.05) is 47.9 Å². The molecule has 0 spiro atoms. The predicted molar refractivity (Wildman–Crippen MR) is 112 cm³/mol. The summed E-state index contributed by atoms with van der Waals surface area (Å²) in [5.74, 6) is 0.164. The molecule has 3 heterocycles. The molecule has 5 rings (SSSR count). The molecule has 2 N–H and O–H groups in total. The maximum absolute atomic E-state index is 12.9. The summed E-state index contributed by atoms with van der Waals surface area (Å²) in [7, 11) is 3.15. The Balaban J connectivity index is 1.94. The molecule has 1 atom stereocenters. The second kappa shape index (κ2) is 5.88. The SMILES string of the molecule is Cc1ccc([C@@H]2Nc3ccccc3-n3cc4c(=O)n(C)c(=O)n(C)c4c32)c(O)c1. The van der Waals surface area contributed by atoms with Crippen molar-refractivity contribution >= 4 is 16.6 Å². The summed E-state index contributed by atoms with van der Waals surface area (Å²) in [6.07, 6.45) is 1.78. The summed E-state index contributed by atoms with van der Waals surface area (Å²) in [6, 6.07) is 12.9. The second-order valence-corrected chi connectivity index (χ2v) is 7.51. The first-order valence-electron chi connectivity index (χ1n) is 9.35. The van der Waals surface area contributed by atoms with Crippen molar-refractivity contribution in [2.24, 2.45) is 14.1 Å². The molecule has 4 aromatic rings. The molecule has 0 aliphatic carbocycles. The van der Waals surface area contributed by atoms with Crippen LogP contribution in [0.25, 0.3) is 16.6 Å². The molecule has 0 unspecified atom stereocenters. The van der Waals surface area contributed by atoms with E-state index in [0.29, 0.717) is 16.5 Å². The number of phenolic OH excluding ortho intramolecular Hbond substituents is 1. The number of nitrogens with zero attached hydrogens (tertiary/aromatic N) is 3. The van der Waals surface area contributed by atoms with Gasteiger partial charge in [0.15, 0.2) is 0 Å². The highest BCUT2D eigenvalue weighted by atomic mass is 16.3. The van der Waals surface area contributed by atoms with E-state index in [0.717, 1.165) is 27.2 Å². The molecule has 146 valence electrons. The number of phenols is 1. The van der Waals surface area contributed by atoms with Crippen molar-refractivity contribution in [3.63, 3.8) is 0 Å². The van der Waals surface area contributed by atoms with Crippen molar-refractivity contribution in [1.82, 2.24) is 13.7 Å². The van der Waals surface area contributed by atoms with Crippen LogP contribution in [0.4, 0.5) is 5.69 Å². The fourth-order valence-electron chi connectivity index (χ4n) is 4.24. The first-order chi connectivity index (χ1) is 13.9.